The first kappa shape index (κ1) is 84.0. The first-order valence-corrected chi connectivity index (χ1v) is 33.9. The second kappa shape index (κ2) is 41.5. The van der Waals surface area contributed by atoms with Crippen LogP contribution in [0.15, 0.2) is 170 Å². The summed E-state index contributed by atoms with van der Waals surface area (Å²) in [7, 11) is 0. The molecule has 556 valence electrons. The number of aliphatic hydroxyl groups excluding tert-OH is 2. The Labute approximate surface area is 607 Å². The number of ether oxygens (including phenoxy) is 2. The third kappa shape index (κ3) is 24.8. The third-order valence-electron chi connectivity index (χ3n) is 18.5. The fourth-order valence-electron chi connectivity index (χ4n) is 13.2. The van der Waals surface area contributed by atoms with Crippen molar-refractivity contribution in [3.8, 4) is 0 Å². The third-order valence-corrected chi connectivity index (χ3v) is 18.5. The van der Waals surface area contributed by atoms with Crippen LogP contribution in [0.25, 0.3) is 0 Å². The van der Waals surface area contributed by atoms with Gasteiger partial charge in [-0.2, -0.15) is 0 Å². The van der Waals surface area contributed by atoms with E-state index in [9.17, 15) is 53.4 Å². The summed E-state index contributed by atoms with van der Waals surface area (Å²) < 4.78 is 10.5. The van der Waals surface area contributed by atoms with Gasteiger partial charge in [-0.05, 0) is 94.7 Å². The molecule has 0 aliphatic carbocycles. The highest BCUT2D eigenvalue weighted by atomic mass is 16.6. The Kier molecular flexibility index (Phi) is 33.8. The van der Waals surface area contributed by atoms with E-state index in [2.05, 4.69) is 44.7 Å². The molecule has 0 spiro atoms. The van der Waals surface area contributed by atoms with Gasteiger partial charge in [-0.15, -0.1) is 0 Å². The van der Waals surface area contributed by atoms with Crippen LogP contribution in [0.2, 0.25) is 0 Å². The number of hydrogen-bond donors (Lipinski definition) is 6. The van der Waals surface area contributed by atoms with E-state index in [0.717, 1.165) is 107 Å². The van der Waals surface area contributed by atoms with Gasteiger partial charge in [0.25, 0.3) is 23.6 Å². The molecule has 103 heavy (non-hydrogen) atoms. The SMILES string of the molecule is C.C.C.C.CC(=O)O[C@@H](C(=O)NCC1CCN(Cc2ccccc2)C1)[C@@H](OC(C)=O)C(=O)N1Cc2ccccc2C1.NC(=O)C1CC(=O)N(Cc2ccccc2)C1.NCC1CC(=O)N(Cc2ccccc2)C1.O=C(NCC1CCN(Cc2ccccc2)C1)[C@H](O)[C@@H](O)C(=O)N1Cc2ccccc2C1. The molecule has 8 N–H and O–H groups in total. The Morgan fingerprint density at radius 1 is 0.456 bits per heavy atom. The van der Waals surface area contributed by atoms with E-state index < -0.39 is 60.0 Å². The van der Waals surface area contributed by atoms with Gasteiger partial charge in [0.2, 0.25) is 29.9 Å². The van der Waals surface area contributed by atoms with Gasteiger partial charge in [0.1, 0.15) is 0 Å². The van der Waals surface area contributed by atoms with Crippen LogP contribution in [0.5, 0.6) is 0 Å². The molecule has 6 heterocycles. The largest absolute Gasteiger partial charge is 0.448 e. The Morgan fingerprint density at radius 3 is 1.19 bits per heavy atom. The molecule has 6 aliphatic rings. The Morgan fingerprint density at radius 2 is 0.816 bits per heavy atom. The predicted octanol–water partition coefficient (Wildman–Crippen LogP) is 6.98. The number of benzene rings is 6. The topological polar surface area (TPSA) is 308 Å². The fourth-order valence-corrected chi connectivity index (χ4v) is 13.2. The molecular formula is C80H108N10O13. The van der Waals surface area contributed by atoms with Crippen LogP contribution in [-0.4, -0.2) is 176 Å². The maximum Gasteiger partial charge on any atom is 0.303 e. The average Bonchev–Trinajstić information content (AvgIpc) is 1.71. The molecule has 6 aromatic carbocycles. The van der Waals surface area contributed by atoms with Crippen molar-refractivity contribution in [1.29, 1.82) is 0 Å². The Bertz CT molecular complexity index is 3650. The highest BCUT2D eigenvalue weighted by Crippen LogP contribution is 2.28. The number of nitrogens with zero attached hydrogens (tertiary/aromatic N) is 6. The summed E-state index contributed by atoms with van der Waals surface area (Å²) in [6.45, 7) is 12.9. The van der Waals surface area contributed by atoms with Gasteiger partial charge < -0.3 is 61.4 Å². The number of aliphatic hydroxyl groups is 2. The number of hydrogen-bond acceptors (Lipinski definition) is 16. The van der Waals surface area contributed by atoms with Crippen LogP contribution < -0.4 is 22.1 Å². The molecule has 12 rings (SSSR count). The molecular weight excluding hydrogens is 1310 g/mol. The maximum absolute atomic E-state index is 13.4. The van der Waals surface area contributed by atoms with E-state index in [1.165, 1.54) is 26.5 Å². The zero-order valence-electron chi connectivity index (χ0n) is 56.4. The molecule has 23 heteroatoms. The summed E-state index contributed by atoms with van der Waals surface area (Å²) in [5.41, 5.74) is 19.5. The number of carbonyl (C=O) groups excluding carboxylic acids is 9. The summed E-state index contributed by atoms with van der Waals surface area (Å²) in [5, 5.41) is 26.1. The lowest BCUT2D eigenvalue weighted by Gasteiger charge is -2.28. The summed E-state index contributed by atoms with van der Waals surface area (Å²) in [5.74, 6) is -3.70. The maximum atomic E-state index is 13.4. The second-order valence-corrected chi connectivity index (χ2v) is 26.2. The highest BCUT2D eigenvalue weighted by molar-refractivity contribution is 5.94. The number of amides is 7. The normalized spacial score (nSPS) is 19.0. The minimum Gasteiger partial charge on any atom is -0.448 e. The summed E-state index contributed by atoms with van der Waals surface area (Å²) in [4.78, 5) is 121. The van der Waals surface area contributed by atoms with Crippen molar-refractivity contribution >= 4 is 53.3 Å². The van der Waals surface area contributed by atoms with Gasteiger partial charge in [0.15, 0.2) is 12.2 Å². The number of nitrogens with two attached hydrogens (primary N) is 2. The lowest BCUT2D eigenvalue weighted by atomic mass is 10.1. The van der Waals surface area contributed by atoms with Crippen molar-refractivity contribution in [2.75, 3.05) is 58.9 Å². The van der Waals surface area contributed by atoms with Gasteiger partial charge in [0, 0.05) is 118 Å². The van der Waals surface area contributed by atoms with Crippen molar-refractivity contribution in [2.45, 2.75) is 146 Å². The van der Waals surface area contributed by atoms with Crippen molar-refractivity contribution in [3.05, 3.63) is 214 Å². The van der Waals surface area contributed by atoms with Crippen LogP contribution in [0, 0.1) is 23.7 Å². The van der Waals surface area contributed by atoms with Crippen LogP contribution in [0.4, 0.5) is 0 Å². The van der Waals surface area contributed by atoms with Gasteiger partial charge in [-0.3, -0.25) is 53.0 Å². The molecule has 4 saturated heterocycles. The van der Waals surface area contributed by atoms with Crippen molar-refractivity contribution in [1.82, 2.24) is 40.0 Å². The van der Waals surface area contributed by atoms with Crippen molar-refractivity contribution in [2.24, 2.45) is 35.1 Å². The number of likely N-dealkylation sites (tertiary alicyclic amines) is 4. The number of esters is 2. The fraction of sp³-hybridized carbons (Fsp3) is 0.438. The number of rotatable bonds is 22. The summed E-state index contributed by atoms with van der Waals surface area (Å²) in [6, 6.07) is 55.5. The van der Waals surface area contributed by atoms with Crippen molar-refractivity contribution < 1.29 is 62.8 Å². The van der Waals surface area contributed by atoms with Gasteiger partial charge in [0.05, 0.1) is 5.92 Å². The molecule has 8 atom stereocenters. The van der Waals surface area contributed by atoms with E-state index >= 15 is 0 Å². The lowest BCUT2D eigenvalue weighted by Crippen LogP contribution is -2.53. The molecule has 7 amide bonds. The van der Waals surface area contributed by atoms with Crippen LogP contribution >= 0.6 is 0 Å². The minimum absolute atomic E-state index is 0. The quantitative estimate of drug-likeness (QED) is 0.0374. The Balaban J connectivity index is 0.000000260. The Hall–Kier alpha value is -9.65. The number of nitrogens with one attached hydrogen (secondary N) is 2. The number of fused-ring (bicyclic) bond motifs is 2. The molecule has 0 aromatic heterocycles. The summed E-state index contributed by atoms with van der Waals surface area (Å²) >= 11 is 0. The molecule has 6 aromatic rings. The van der Waals surface area contributed by atoms with Crippen LogP contribution in [0.3, 0.4) is 0 Å². The van der Waals surface area contributed by atoms with Gasteiger partial charge in [-0.1, -0.05) is 200 Å². The molecule has 0 radical (unpaired) electrons. The van der Waals surface area contributed by atoms with Crippen LogP contribution in [-0.2, 0) is 105 Å². The highest BCUT2D eigenvalue weighted by Gasteiger charge is 2.43. The first-order chi connectivity index (χ1) is 47.8. The molecule has 0 bridgehead atoms. The van der Waals surface area contributed by atoms with E-state index in [0.29, 0.717) is 71.2 Å². The smallest absolute Gasteiger partial charge is 0.303 e. The number of carbonyl (C=O) groups is 9. The zero-order valence-corrected chi connectivity index (χ0v) is 56.4. The first-order valence-electron chi connectivity index (χ1n) is 33.9. The van der Waals surface area contributed by atoms with E-state index in [-0.39, 0.29) is 71.6 Å². The molecule has 6 aliphatic heterocycles. The lowest BCUT2D eigenvalue weighted by molar-refractivity contribution is -0.178. The molecule has 4 unspecified atom stereocenters. The van der Waals surface area contributed by atoms with Gasteiger partial charge in [-0.25, -0.2) is 0 Å². The monoisotopic (exact) mass is 1420 g/mol. The van der Waals surface area contributed by atoms with Gasteiger partial charge >= 0.3 is 11.9 Å². The van der Waals surface area contributed by atoms with E-state index in [1.54, 1.807) is 4.90 Å². The molecule has 0 saturated carbocycles. The standard InChI is InChI=1S/C28H33N3O6.C24H29N3O4.C12H14N2O2.C12H16N2O.4CH4/c1-19(32)36-25(26(37-20(2)33)28(35)31-17-23-10-6-7-11-24(23)18-31)27(34)29-14-22-12-13-30(16-22)15-21-8-4-3-5-9-21;28-21(22(29)24(31)27-15-19-8-4-5-9-20(19)16-27)23(30)25-12-18-10-11-26(14-18)13-17-6-2-1-3-7-17;13-12(16)10-6-11(15)14(8-10)7-9-4-2-1-3-5-9;13-7-11-6-12(15)14(9-11)8-10-4-2-1-3-5-10;;;;/h3-11,22,25-26H,12-18H2,1-2H3,(H,29,34);1-9,18,21-22,28-29H,10-16H2,(H,25,30);1-5,10H,6-8H2,(H2,13,16);1-5,11H,6-9,13H2;4*1H4/t22?,25-,26-;18?,21-,22-;;;;;;/m11....../s1. The van der Waals surface area contributed by atoms with Crippen molar-refractivity contribution in [3.63, 3.8) is 0 Å². The molecule has 23 nitrogen and oxygen atoms in total. The van der Waals surface area contributed by atoms with E-state index in [4.69, 9.17) is 20.9 Å². The predicted molar refractivity (Wildman–Crippen MR) is 395 cm³/mol. The zero-order chi connectivity index (χ0) is 70.4. The average molecular weight is 1420 g/mol. The summed E-state index contributed by atoms with van der Waals surface area (Å²) in [6.07, 6.45) is -3.98. The number of primary amides is 1. The minimum atomic E-state index is -1.78. The molecule has 4 fully saturated rings. The second-order valence-electron chi connectivity index (χ2n) is 26.2. The van der Waals surface area contributed by atoms with Crippen LogP contribution in [0.1, 0.15) is 114 Å². The van der Waals surface area contributed by atoms with E-state index in [1.807, 2.05) is 150 Å².